The van der Waals surface area contributed by atoms with Crippen molar-refractivity contribution in [3.8, 4) is 0 Å². The summed E-state index contributed by atoms with van der Waals surface area (Å²) < 4.78 is 42.9. The van der Waals surface area contributed by atoms with E-state index in [9.17, 15) is 27.6 Å². The van der Waals surface area contributed by atoms with E-state index in [1.807, 2.05) is 6.92 Å². The van der Waals surface area contributed by atoms with Crippen molar-refractivity contribution in [1.82, 2.24) is 10.2 Å². The minimum atomic E-state index is -5.26. The van der Waals surface area contributed by atoms with Crippen LogP contribution in [0.25, 0.3) is 0 Å². The number of nitrogens with one attached hydrogen (secondary N) is 1. The molecule has 0 spiro atoms. The number of hydrogen-bond acceptors (Lipinski definition) is 3. The number of Topliss-reactive ketones (excluding diaryl/α,β-unsaturated/α-hetero) is 1. The van der Waals surface area contributed by atoms with Gasteiger partial charge in [-0.2, -0.15) is 13.2 Å². The number of alkyl halides is 3. The fraction of sp³-hybridized carbons (Fsp3) is 0.421. The van der Waals surface area contributed by atoms with Gasteiger partial charge in [0.2, 0.25) is 5.54 Å². The lowest BCUT2D eigenvalue weighted by molar-refractivity contribution is -0.190. The van der Waals surface area contributed by atoms with E-state index in [1.54, 1.807) is 5.32 Å². The second kappa shape index (κ2) is 8.36. The molecule has 0 unspecified atom stereocenters. The third kappa shape index (κ3) is 4.00. The molecule has 1 heterocycles. The smallest absolute Gasteiger partial charge is 0.326 e. The van der Waals surface area contributed by atoms with Gasteiger partial charge in [-0.25, -0.2) is 0 Å². The Balaban J connectivity index is 2.63. The van der Waals surface area contributed by atoms with Crippen molar-refractivity contribution < 1.29 is 27.6 Å². The molecule has 0 radical (unpaired) electrons. The Morgan fingerprint density at radius 3 is 2.34 bits per heavy atom. The van der Waals surface area contributed by atoms with Gasteiger partial charge in [-0.3, -0.25) is 14.4 Å². The van der Waals surface area contributed by atoms with E-state index < -0.39 is 34.9 Å². The van der Waals surface area contributed by atoms with E-state index in [0.717, 1.165) is 17.9 Å². The maximum absolute atomic E-state index is 14.3. The van der Waals surface area contributed by atoms with Crippen LogP contribution in [0.3, 0.4) is 0 Å². The molecule has 0 aromatic heterocycles. The average Bonchev–Trinajstić information content (AvgIpc) is 2.80. The Morgan fingerprint density at radius 1 is 1.24 bits per heavy atom. The van der Waals surface area contributed by atoms with E-state index >= 15 is 0 Å². The van der Waals surface area contributed by atoms with Gasteiger partial charge in [0.25, 0.3) is 11.8 Å². The van der Waals surface area contributed by atoms with E-state index in [0.29, 0.717) is 12.8 Å². The van der Waals surface area contributed by atoms with Gasteiger partial charge in [0.15, 0.2) is 5.78 Å². The molecule has 29 heavy (non-hydrogen) atoms. The lowest BCUT2D eigenvalue weighted by Gasteiger charge is -2.33. The molecule has 0 fully saturated rings. The van der Waals surface area contributed by atoms with Crippen molar-refractivity contribution in [3.05, 3.63) is 45.1 Å². The number of ketones is 1. The zero-order chi connectivity index (χ0) is 22.1. The van der Waals surface area contributed by atoms with E-state index in [-0.39, 0.29) is 27.9 Å². The Bertz CT molecular complexity index is 899. The topological polar surface area (TPSA) is 66.5 Å². The van der Waals surface area contributed by atoms with Crippen molar-refractivity contribution >= 4 is 40.8 Å². The van der Waals surface area contributed by atoms with Crippen LogP contribution in [-0.2, 0) is 9.59 Å². The zero-order valence-corrected chi connectivity index (χ0v) is 17.4. The molecular weight excluding hydrogens is 432 g/mol. The second-order valence-electron chi connectivity index (χ2n) is 6.65. The molecule has 0 aliphatic carbocycles. The van der Waals surface area contributed by atoms with Gasteiger partial charge >= 0.3 is 6.18 Å². The van der Waals surface area contributed by atoms with Crippen LogP contribution in [0.4, 0.5) is 13.2 Å². The number of nitrogens with zero attached hydrogens (tertiary/aromatic N) is 1. The molecule has 5 nitrogen and oxygen atoms in total. The van der Waals surface area contributed by atoms with Crippen molar-refractivity contribution in [3.63, 3.8) is 0 Å². The maximum atomic E-state index is 14.3. The van der Waals surface area contributed by atoms with Crippen LogP contribution in [-0.4, -0.2) is 40.8 Å². The van der Waals surface area contributed by atoms with Crippen LogP contribution in [0.5, 0.6) is 0 Å². The number of rotatable bonds is 6. The first-order chi connectivity index (χ1) is 13.4. The van der Waals surface area contributed by atoms with Crippen molar-refractivity contribution in [1.29, 1.82) is 0 Å². The summed E-state index contributed by atoms with van der Waals surface area (Å²) in [6.07, 6.45) is -4.21. The number of carbonyl (C=O) groups excluding carboxylic acids is 3. The van der Waals surface area contributed by atoms with Crippen LogP contribution in [0, 0.1) is 0 Å². The van der Waals surface area contributed by atoms with Crippen LogP contribution >= 0.6 is 23.2 Å². The van der Waals surface area contributed by atoms with Gasteiger partial charge in [-0.15, -0.1) is 0 Å². The highest BCUT2D eigenvalue weighted by atomic mass is 35.5. The highest BCUT2D eigenvalue weighted by Crippen LogP contribution is 2.45. The largest absolute Gasteiger partial charge is 0.425 e. The van der Waals surface area contributed by atoms with Gasteiger partial charge < -0.3 is 10.2 Å². The predicted octanol–water partition coefficient (Wildman–Crippen LogP) is 4.53. The minimum absolute atomic E-state index is 0.00660. The van der Waals surface area contributed by atoms with Gasteiger partial charge in [0, 0.05) is 17.3 Å². The Kier molecular flexibility index (Phi) is 6.69. The van der Waals surface area contributed by atoms with Gasteiger partial charge in [-0.1, -0.05) is 36.5 Å². The summed E-state index contributed by atoms with van der Waals surface area (Å²) in [4.78, 5) is 38.7. The fourth-order valence-electron chi connectivity index (χ4n) is 3.33. The van der Waals surface area contributed by atoms with Crippen LogP contribution in [0.1, 0.15) is 44.0 Å². The molecule has 1 aromatic carbocycles. The molecule has 1 aliphatic rings. The molecule has 2 amide bonds. The number of hydrogen-bond donors (Lipinski definition) is 1. The maximum Gasteiger partial charge on any atom is 0.425 e. The van der Waals surface area contributed by atoms with Gasteiger partial charge in [0.1, 0.15) is 0 Å². The number of amides is 2. The first-order valence-corrected chi connectivity index (χ1v) is 9.52. The van der Waals surface area contributed by atoms with Crippen LogP contribution in [0.15, 0.2) is 29.5 Å². The highest BCUT2D eigenvalue weighted by molar-refractivity contribution is 6.36. The SMILES string of the molecule is CCCCN1C(=O)[C@@](NC(=O)c2ccc(Cl)cc2Cl)(C(F)(F)F)C(C(C)=O)=C1C. The average molecular weight is 451 g/mol. The molecule has 0 saturated heterocycles. The Hall–Kier alpha value is -2.06. The second-order valence-corrected chi connectivity index (χ2v) is 7.50. The Labute approximate surface area is 175 Å². The molecule has 1 aliphatic heterocycles. The number of carbonyl (C=O) groups is 3. The van der Waals surface area contributed by atoms with E-state index in [4.69, 9.17) is 23.2 Å². The Morgan fingerprint density at radius 2 is 1.86 bits per heavy atom. The summed E-state index contributed by atoms with van der Waals surface area (Å²) in [5.41, 5.74) is -4.73. The third-order valence-corrected chi connectivity index (χ3v) is 5.24. The molecule has 1 N–H and O–H groups in total. The molecule has 1 atom stereocenters. The first-order valence-electron chi connectivity index (χ1n) is 8.77. The lowest BCUT2D eigenvalue weighted by atomic mass is 9.86. The van der Waals surface area contributed by atoms with Crippen molar-refractivity contribution in [2.24, 2.45) is 0 Å². The normalized spacial score (nSPS) is 19.7. The summed E-state index contributed by atoms with van der Waals surface area (Å²) >= 11 is 11.7. The number of unbranched alkanes of at least 4 members (excludes halogenated alkanes) is 1. The summed E-state index contributed by atoms with van der Waals surface area (Å²) in [5, 5.41) is 1.76. The molecule has 158 valence electrons. The molecule has 2 rings (SSSR count). The lowest BCUT2D eigenvalue weighted by Crippen LogP contribution is -2.66. The third-order valence-electron chi connectivity index (χ3n) is 4.70. The summed E-state index contributed by atoms with van der Waals surface area (Å²) in [6, 6.07) is 3.61. The summed E-state index contributed by atoms with van der Waals surface area (Å²) in [7, 11) is 0. The van der Waals surface area contributed by atoms with Crippen LogP contribution in [0.2, 0.25) is 10.0 Å². The first kappa shape index (κ1) is 23.2. The molecule has 0 saturated carbocycles. The van der Waals surface area contributed by atoms with Crippen molar-refractivity contribution in [2.45, 2.75) is 45.3 Å². The number of benzene rings is 1. The van der Waals surface area contributed by atoms with Crippen LogP contribution < -0.4 is 5.32 Å². The van der Waals surface area contributed by atoms with Crippen molar-refractivity contribution in [2.75, 3.05) is 6.54 Å². The number of allylic oxidation sites excluding steroid dienone is 1. The van der Waals surface area contributed by atoms with Gasteiger partial charge in [0.05, 0.1) is 16.2 Å². The van der Waals surface area contributed by atoms with E-state index in [2.05, 4.69) is 0 Å². The predicted molar refractivity (Wildman–Crippen MR) is 103 cm³/mol. The zero-order valence-electron chi connectivity index (χ0n) is 15.9. The standard InChI is InChI=1S/C19H19Cl2F3N2O3/c1-4-5-8-26-10(2)15(11(3)27)18(17(26)29,19(22,23)24)25-16(28)13-7-6-12(20)9-14(13)21/h6-7,9H,4-5,8H2,1-3H3,(H,25,28)/t18-/m1/s1. The number of halogens is 5. The fourth-order valence-corrected chi connectivity index (χ4v) is 3.83. The summed E-state index contributed by atoms with van der Waals surface area (Å²) in [5.74, 6) is -3.63. The monoisotopic (exact) mass is 450 g/mol. The molecule has 0 bridgehead atoms. The quantitative estimate of drug-likeness (QED) is 0.692. The summed E-state index contributed by atoms with van der Waals surface area (Å²) in [6.45, 7) is 4.00. The molecule has 10 heteroatoms. The highest BCUT2D eigenvalue weighted by Gasteiger charge is 2.69. The minimum Gasteiger partial charge on any atom is -0.326 e. The molecular formula is C19H19Cl2F3N2O3. The van der Waals surface area contributed by atoms with E-state index in [1.165, 1.54) is 19.1 Å². The molecule has 1 aromatic rings. The van der Waals surface area contributed by atoms with Gasteiger partial charge in [-0.05, 0) is 38.5 Å².